The summed E-state index contributed by atoms with van der Waals surface area (Å²) in [5.41, 5.74) is 8.52. The van der Waals surface area contributed by atoms with E-state index in [1.54, 1.807) is 0 Å². The van der Waals surface area contributed by atoms with Gasteiger partial charge in [0.25, 0.3) is 0 Å². The summed E-state index contributed by atoms with van der Waals surface area (Å²) < 4.78 is 1.10. The van der Waals surface area contributed by atoms with E-state index >= 15 is 0 Å². The Balaban J connectivity index is 1.55. The van der Waals surface area contributed by atoms with E-state index in [9.17, 15) is 0 Å². The van der Waals surface area contributed by atoms with Crippen LogP contribution in [-0.4, -0.2) is 0 Å². The molecule has 0 N–H and O–H groups in total. The Morgan fingerprint density at radius 3 is 1.81 bits per heavy atom. The van der Waals surface area contributed by atoms with Gasteiger partial charge in [0.15, 0.2) is 0 Å². The van der Waals surface area contributed by atoms with Crippen molar-refractivity contribution < 1.29 is 0 Å². The SMILES string of the molecule is Cc1cc(C=CC=C(c2ccccc2)c2ccccc2)ccc1C=Cc1ccc(Br)cc1. The monoisotopic (exact) mass is 476 g/mol. The first-order valence-corrected chi connectivity index (χ1v) is 11.5. The predicted octanol–water partition coefficient (Wildman–Crippen LogP) is 9.07. The van der Waals surface area contributed by atoms with Gasteiger partial charge in [-0.3, -0.25) is 0 Å². The second-order valence-electron chi connectivity index (χ2n) is 7.67. The molecule has 0 aliphatic rings. The highest BCUT2D eigenvalue weighted by molar-refractivity contribution is 9.10. The highest BCUT2D eigenvalue weighted by atomic mass is 79.9. The molecule has 0 radical (unpaired) electrons. The van der Waals surface area contributed by atoms with Gasteiger partial charge in [0.05, 0.1) is 0 Å². The van der Waals surface area contributed by atoms with Crippen LogP contribution in [0.15, 0.2) is 120 Å². The topological polar surface area (TPSA) is 0 Å². The molecular formula is C31H25Br. The molecule has 0 saturated carbocycles. The van der Waals surface area contributed by atoms with Crippen LogP contribution in [0.3, 0.4) is 0 Å². The van der Waals surface area contributed by atoms with E-state index in [2.05, 4.69) is 156 Å². The van der Waals surface area contributed by atoms with Crippen molar-refractivity contribution in [1.82, 2.24) is 0 Å². The van der Waals surface area contributed by atoms with Gasteiger partial charge in [-0.05, 0) is 58.0 Å². The Morgan fingerprint density at radius 1 is 0.625 bits per heavy atom. The standard InChI is InChI=1S/C31H25Br/c1-24-23-26(16-20-27(24)19-15-25-17-21-30(32)22-18-25)9-8-14-31(28-10-4-2-5-11-28)29-12-6-3-7-13-29/h2-23H,1H3. The van der Waals surface area contributed by atoms with Crippen LogP contribution < -0.4 is 0 Å². The number of hydrogen-bond donors (Lipinski definition) is 0. The smallest absolute Gasteiger partial charge is 0.0175 e. The van der Waals surface area contributed by atoms with E-state index < -0.39 is 0 Å². The number of allylic oxidation sites excluding steroid dienone is 2. The lowest BCUT2D eigenvalue weighted by Gasteiger charge is -2.07. The molecule has 0 spiro atoms. The molecule has 32 heavy (non-hydrogen) atoms. The Labute approximate surface area is 199 Å². The summed E-state index contributed by atoms with van der Waals surface area (Å²) >= 11 is 3.48. The molecule has 4 rings (SSSR count). The molecule has 0 bridgehead atoms. The normalized spacial score (nSPS) is 11.2. The molecule has 0 unspecified atom stereocenters. The highest BCUT2D eigenvalue weighted by Crippen LogP contribution is 2.24. The fraction of sp³-hybridized carbons (Fsp3) is 0.0323. The Morgan fingerprint density at radius 2 is 1.22 bits per heavy atom. The third kappa shape index (κ3) is 5.84. The first-order valence-electron chi connectivity index (χ1n) is 10.7. The van der Waals surface area contributed by atoms with Crippen molar-refractivity contribution >= 4 is 39.7 Å². The minimum atomic E-state index is 1.10. The number of hydrogen-bond acceptors (Lipinski definition) is 0. The molecule has 4 aromatic carbocycles. The zero-order valence-electron chi connectivity index (χ0n) is 18.1. The van der Waals surface area contributed by atoms with Crippen molar-refractivity contribution in [3.63, 3.8) is 0 Å². The van der Waals surface area contributed by atoms with Gasteiger partial charge in [0.1, 0.15) is 0 Å². The van der Waals surface area contributed by atoms with Crippen molar-refractivity contribution in [3.8, 4) is 0 Å². The minimum absolute atomic E-state index is 1.10. The quantitative estimate of drug-likeness (QED) is 0.192. The van der Waals surface area contributed by atoms with E-state index in [0.29, 0.717) is 0 Å². The maximum atomic E-state index is 3.48. The largest absolute Gasteiger partial charge is 0.0622 e. The van der Waals surface area contributed by atoms with E-state index in [0.717, 1.165) is 4.47 Å². The summed E-state index contributed by atoms with van der Waals surface area (Å²) in [6.07, 6.45) is 10.8. The van der Waals surface area contributed by atoms with Gasteiger partial charge < -0.3 is 0 Å². The molecule has 0 atom stereocenters. The van der Waals surface area contributed by atoms with Crippen molar-refractivity contribution in [2.45, 2.75) is 6.92 Å². The zero-order valence-corrected chi connectivity index (χ0v) is 19.7. The van der Waals surface area contributed by atoms with Crippen LogP contribution in [0.1, 0.15) is 33.4 Å². The van der Waals surface area contributed by atoms with Crippen LogP contribution in [0.4, 0.5) is 0 Å². The third-order valence-electron chi connectivity index (χ3n) is 5.34. The minimum Gasteiger partial charge on any atom is -0.0622 e. The summed E-state index contributed by atoms with van der Waals surface area (Å²) in [7, 11) is 0. The molecule has 0 fully saturated rings. The Bertz CT molecular complexity index is 1200. The maximum absolute atomic E-state index is 3.48. The number of rotatable bonds is 6. The lowest BCUT2D eigenvalue weighted by molar-refractivity contribution is 1.43. The van der Waals surface area contributed by atoms with Gasteiger partial charge in [-0.1, -0.05) is 137 Å². The first kappa shape index (κ1) is 21.8. The lowest BCUT2D eigenvalue weighted by Crippen LogP contribution is -1.87. The Hall–Kier alpha value is -3.42. The van der Waals surface area contributed by atoms with Gasteiger partial charge in [0, 0.05) is 4.47 Å². The molecule has 0 aliphatic carbocycles. The summed E-state index contributed by atoms with van der Waals surface area (Å²) in [5.74, 6) is 0. The average Bonchev–Trinajstić information content (AvgIpc) is 2.83. The second kappa shape index (κ2) is 10.7. The molecule has 0 aliphatic heterocycles. The summed E-state index contributed by atoms with van der Waals surface area (Å²) in [4.78, 5) is 0. The van der Waals surface area contributed by atoms with E-state index in [1.165, 1.54) is 39.0 Å². The van der Waals surface area contributed by atoms with Crippen LogP contribution in [0, 0.1) is 6.92 Å². The first-order chi connectivity index (χ1) is 15.7. The van der Waals surface area contributed by atoms with Gasteiger partial charge in [-0.15, -0.1) is 0 Å². The van der Waals surface area contributed by atoms with Crippen molar-refractivity contribution in [3.05, 3.63) is 153 Å². The van der Waals surface area contributed by atoms with Gasteiger partial charge in [-0.2, -0.15) is 0 Å². The van der Waals surface area contributed by atoms with Crippen molar-refractivity contribution in [1.29, 1.82) is 0 Å². The molecule has 0 saturated heterocycles. The van der Waals surface area contributed by atoms with Gasteiger partial charge >= 0.3 is 0 Å². The number of benzene rings is 4. The van der Waals surface area contributed by atoms with Crippen molar-refractivity contribution in [2.75, 3.05) is 0 Å². The predicted molar refractivity (Wildman–Crippen MR) is 143 cm³/mol. The number of halogens is 1. The van der Waals surface area contributed by atoms with E-state index in [1.807, 2.05) is 0 Å². The van der Waals surface area contributed by atoms with E-state index in [-0.39, 0.29) is 0 Å². The average molecular weight is 477 g/mol. The molecule has 156 valence electrons. The number of aryl methyl sites for hydroxylation is 1. The molecule has 4 aromatic rings. The van der Waals surface area contributed by atoms with Crippen LogP contribution in [0.2, 0.25) is 0 Å². The summed E-state index contributed by atoms with van der Waals surface area (Å²) in [6.45, 7) is 2.16. The molecule has 0 heterocycles. The van der Waals surface area contributed by atoms with Gasteiger partial charge in [-0.25, -0.2) is 0 Å². The van der Waals surface area contributed by atoms with Crippen LogP contribution in [0.5, 0.6) is 0 Å². The molecule has 0 nitrogen and oxygen atoms in total. The fourth-order valence-corrected chi connectivity index (χ4v) is 3.86. The van der Waals surface area contributed by atoms with Gasteiger partial charge in [0.2, 0.25) is 0 Å². The van der Waals surface area contributed by atoms with Crippen LogP contribution >= 0.6 is 15.9 Å². The van der Waals surface area contributed by atoms with Crippen LogP contribution in [0.25, 0.3) is 23.8 Å². The highest BCUT2D eigenvalue weighted by Gasteiger charge is 2.03. The van der Waals surface area contributed by atoms with E-state index in [4.69, 9.17) is 0 Å². The molecule has 0 aromatic heterocycles. The fourth-order valence-electron chi connectivity index (χ4n) is 3.60. The molecule has 0 amide bonds. The van der Waals surface area contributed by atoms with Crippen molar-refractivity contribution in [2.24, 2.45) is 0 Å². The third-order valence-corrected chi connectivity index (χ3v) is 5.87. The lowest BCUT2D eigenvalue weighted by atomic mass is 9.97. The maximum Gasteiger partial charge on any atom is 0.0175 e. The summed E-state index contributed by atoms with van der Waals surface area (Å²) in [5, 5.41) is 0. The molecular weight excluding hydrogens is 452 g/mol. The zero-order chi connectivity index (χ0) is 22.2. The summed E-state index contributed by atoms with van der Waals surface area (Å²) in [6, 6.07) is 36.0. The Kier molecular flexibility index (Phi) is 7.32. The second-order valence-corrected chi connectivity index (χ2v) is 8.59. The molecule has 1 heteroatoms. The van der Waals surface area contributed by atoms with Crippen LogP contribution in [-0.2, 0) is 0 Å².